The van der Waals surface area contributed by atoms with Gasteiger partial charge in [0.15, 0.2) is 11.3 Å². The molecule has 1 aromatic heterocycles. The van der Waals surface area contributed by atoms with Gasteiger partial charge in [0.05, 0.1) is 0 Å². The summed E-state index contributed by atoms with van der Waals surface area (Å²) in [6, 6.07) is 3.11. The highest BCUT2D eigenvalue weighted by Gasteiger charge is 2.62. The number of carbonyl (C=O) groups is 2. The Morgan fingerprint density at radius 3 is 2.38 bits per heavy atom. The van der Waals surface area contributed by atoms with Crippen molar-refractivity contribution in [3.8, 4) is 5.88 Å². The van der Waals surface area contributed by atoms with E-state index in [-0.39, 0.29) is 17.0 Å². The molecule has 0 N–H and O–H groups in total. The quantitative estimate of drug-likeness (QED) is 0.726. The molecule has 3 fully saturated rings. The van der Waals surface area contributed by atoms with Crippen molar-refractivity contribution in [2.45, 2.75) is 24.9 Å². The zero-order valence-electron chi connectivity index (χ0n) is 12.6. The third-order valence-corrected chi connectivity index (χ3v) is 4.67. The van der Waals surface area contributed by atoms with Crippen molar-refractivity contribution >= 4 is 23.5 Å². The van der Waals surface area contributed by atoms with Gasteiger partial charge in [0, 0.05) is 37.2 Å². The van der Waals surface area contributed by atoms with Crippen molar-refractivity contribution in [3.05, 3.63) is 29.4 Å². The molecule has 3 saturated heterocycles. The molecule has 4 aliphatic heterocycles. The van der Waals surface area contributed by atoms with Crippen molar-refractivity contribution in [2.24, 2.45) is 5.92 Å². The molecule has 1 atom stereocenters. The number of nitrogens with zero attached hydrogens (tertiary/aromatic N) is 3. The third kappa shape index (κ3) is 2.51. The molecular formula is C15H14ClN3O5. The van der Waals surface area contributed by atoms with Gasteiger partial charge in [-0.2, -0.15) is 0 Å². The van der Waals surface area contributed by atoms with Crippen molar-refractivity contribution < 1.29 is 23.8 Å². The molecule has 0 radical (unpaired) electrons. The van der Waals surface area contributed by atoms with Crippen LogP contribution in [0.3, 0.4) is 0 Å². The van der Waals surface area contributed by atoms with Crippen LogP contribution in [0, 0.1) is 5.92 Å². The Hall–Kier alpha value is -2.19. The van der Waals surface area contributed by atoms with E-state index < -0.39 is 24.0 Å². The van der Waals surface area contributed by atoms with Crippen molar-refractivity contribution in [1.29, 1.82) is 0 Å². The summed E-state index contributed by atoms with van der Waals surface area (Å²) < 4.78 is 17.0. The molecule has 126 valence electrons. The van der Waals surface area contributed by atoms with Crippen LogP contribution in [0.5, 0.6) is 5.88 Å². The Bertz CT molecular complexity index is 680. The number of rotatable bonds is 2. The van der Waals surface area contributed by atoms with Gasteiger partial charge in [-0.1, -0.05) is 11.6 Å². The van der Waals surface area contributed by atoms with Crippen LogP contribution in [-0.2, 0) is 19.1 Å². The highest BCUT2D eigenvalue weighted by molar-refractivity contribution is 6.29. The zero-order valence-corrected chi connectivity index (χ0v) is 13.3. The number of carbonyl (C=O) groups excluding carboxylic acids is 2. The van der Waals surface area contributed by atoms with Gasteiger partial charge in [0.1, 0.15) is 0 Å². The Morgan fingerprint density at radius 2 is 1.79 bits per heavy atom. The van der Waals surface area contributed by atoms with Crippen LogP contribution in [0.1, 0.15) is 12.8 Å². The smallest absolute Gasteiger partial charge is 0.359 e. The van der Waals surface area contributed by atoms with Gasteiger partial charge in [-0.05, 0) is 18.9 Å². The van der Waals surface area contributed by atoms with Crippen molar-refractivity contribution in [2.75, 3.05) is 13.1 Å². The number of aromatic nitrogens is 2. The minimum absolute atomic E-state index is 0.0613. The van der Waals surface area contributed by atoms with E-state index in [4.69, 9.17) is 25.8 Å². The molecule has 2 bridgehead atoms. The maximum Gasteiger partial charge on any atom is 0.359 e. The summed E-state index contributed by atoms with van der Waals surface area (Å²) in [6.45, 7) is 1.30. The molecule has 0 aliphatic carbocycles. The second-order valence-electron chi connectivity index (χ2n) is 5.86. The molecule has 24 heavy (non-hydrogen) atoms. The summed E-state index contributed by atoms with van der Waals surface area (Å²) in [4.78, 5) is 25.7. The fraction of sp³-hybridized carbons (Fsp3) is 0.467. The number of fused-ring (bicyclic) bond motifs is 2. The largest absolute Gasteiger partial charge is 0.463 e. The maximum atomic E-state index is 12.0. The van der Waals surface area contributed by atoms with E-state index in [1.54, 1.807) is 12.1 Å². The predicted molar refractivity (Wildman–Crippen MR) is 79.8 cm³/mol. The van der Waals surface area contributed by atoms with E-state index in [0.717, 1.165) is 25.0 Å². The zero-order chi connectivity index (χ0) is 16.7. The van der Waals surface area contributed by atoms with Crippen LogP contribution in [0.4, 0.5) is 0 Å². The highest BCUT2D eigenvalue weighted by Crippen LogP contribution is 2.43. The topological polar surface area (TPSA) is 90.9 Å². The summed E-state index contributed by atoms with van der Waals surface area (Å²) in [5.74, 6) is -2.60. The molecule has 1 aromatic rings. The summed E-state index contributed by atoms with van der Waals surface area (Å²) in [6.07, 6.45) is 3.11. The Kier molecular flexibility index (Phi) is 3.65. The highest BCUT2D eigenvalue weighted by atomic mass is 35.5. The minimum Gasteiger partial charge on any atom is -0.463 e. The van der Waals surface area contributed by atoms with E-state index in [9.17, 15) is 9.59 Å². The first kappa shape index (κ1) is 15.3. The van der Waals surface area contributed by atoms with Crippen molar-refractivity contribution in [1.82, 2.24) is 15.1 Å². The van der Waals surface area contributed by atoms with E-state index >= 15 is 0 Å². The van der Waals surface area contributed by atoms with Crippen LogP contribution in [0.25, 0.3) is 0 Å². The molecule has 0 saturated carbocycles. The van der Waals surface area contributed by atoms with Gasteiger partial charge in [0.2, 0.25) is 5.88 Å². The monoisotopic (exact) mass is 351 g/mol. The average molecular weight is 352 g/mol. The summed E-state index contributed by atoms with van der Waals surface area (Å²) >= 11 is 5.74. The molecule has 5 heterocycles. The van der Waals surface area contributed by atoms with E-state index in [1.165, 1.54) is 0 Å². The van der Waals surface area contributed by atoms with Gasteiger partial charge in [-0.25, -0.2) is 14.5 Å². The lowest BCUT2D eigenvalue weighted by atomic mass is 9.82. The second kappa shape index (κ2) is 5.71. The Balaban J connectivity index is 1.70. The number of piperidine rings is 3. The number of esters is 2. The Labute approximate surface area is 142 Å². The number of hydrogen-bond acceptors (Lipinski definition) is 8. The molecule has 9 heteroatoms. The standard InChI is InChI=1S/C15H14ClN3O5/c16-10-1-2-11(18-17-10)22-14-9-5-7-19(8-6-9)15(14)23-12(20)3-4-13(21)24-15/h1-4,9,14H,5-8H2. The lowest BCUT2D eigenvalue weighted by Crippen LogP contribution is -2.71. The predicted octanol–water partition coefficient (Wildman–Crippen LogP) is 0.913. The average Bonchev–Trinajstić information content (AvgIpc) is 2.72. The number of hydrogen-bond donors (Lipinski definition) is 0. The first-order chi connectivity index (χ1) is 11.6. The first-order valence-corrected chi connectivity index (χ1v) is 7.99. The molecule has 8 nitrogen and oxygen atoms in total. The van der Waals surface area contributed by atoms with Gasteiger partial charge >= 0.3 is 17.8 Å². The lowest BCUT2D eigenvalue weighted by Gasteiger charge is -2.54. The van der Waals surface area contributed by atoms with Crippen LogP contribution >= 0.6 is 11.6 Å². The summed E-state index contributed by atoms with van der Waals surface area (Å²) in [5, 5.41) is 7.85. The molecule has 4 aliphatic rings. The SMILES string of the molecule is O=C1C=CC(=O)OC2(O1)C(Oc1ccc(Cl)nn1)C1CCN2CC1. The molecule has 1 unspecified atom stereocenters. The van der Waals surface area contributed by atoms with Gasteiger partial charge in [-0.15, -0.1) is 10.2 Å². The molecular weight excluding hydrogens is 338 g/mol. The number of halogens is 1. The fourth-order valence-corrected chi connectivity index (χ4v) is 3.52. The first-order valence-electron chi connectivity index (χ1n) is 7.62. The third-order valence-electron chi connectivity index (χ3n) is 4.47. The Morgan fingerprint density at radius 1 is 1.12 bits per heavy atom. The fourth-order valence-electron chi connectivity index (χ4n) is 3.42. The van der Waals surface area contributed by atoms with Crippen LogP contribution in [0.15, 0.2) is 24.3 Å². The molecule has 5 rings (SSSR count). The lowest BCUT2D eigenvalue weighted by molar-refractivity contribution is -0.349. The van der Waals surface area contributed by atoms with Crippen molar-refractivity contribution in [3.63, 3.8) is 0 Å². The minimum atomic E-state index is -1.58. The van der Waals surface area contributed by atoms with Gasteiger partial charge in [-0.3, -0.25) is 0 Å². The van der Waals surface area contributed by atoms with E-state index in [0.29, 0.717) is 13.1 Å². The maximum absolute atomic E-state index is 12.0. The molecule has 0 aromatic carbocycles. The molecule has 0 amide bonds. The van der Waals surface area contributed by atoms with Crippen LogP contribution < -0.4 is 4.74 Å². The van der Waals surface area contributed by atoms with Crippen LogP contribution in [0.2, 0.25) is 5.15 Å². The second-order valence-corrected chi connectivity index (χ2v) is 6.25. The summed E-state index contributed by atoms with van der Waals surface area (Å²) in [7, 11) is 0. The van der Waals surface area contributed by atoms with E-state index in [2.05, 4.69) is 10.2 Å². The normalized spacial score (nSPS) is 30.6. The van der Waals surface area contributed by atoms with Gasteiger partial charge in [0.25, 0.3) is 0 Å². The summed E-state index contributed by atoms with van der Waals surface area (Å²) in [5.41, 5.74) is 0. The van der Waals surface area contributed by atoms with Gasteiger partial charge < -0.3 is 14.2 Å². The van der Waals surface area contributed by atoms with Crippen LogP contribution in [-0.4, -0.2) is 52.1 Å². The van der Waals surface area contributed by atoms with E-state index in [1.807, 2.05) is 4.90 Å². The molecule has 1 spiro atoms. The number of ether oxygens (including phenoxy) is 3.